The van der Waals surface area contributed by atoms with E-state index in [9.17, 15) is 0 Å². The quantitative estimate of drug-likeness (QED) is 0.201. The summed E-state index contributed by atoms with van der Waals surface area (Å²) in [5, 5.41) is 2.31. The van der Waals surface area contributed by atoms with Gasteiger partial charge in [0.1, 0.15) is 0 Å². The molecule has 0 aliphatic carbocycles. The molecule has 1 N–H and O–H groups in total. The zero-order valence-electron chi connectivity index (χ0n) is 18.4. The number of rotatable bonds is 19. The fraction of sp³-hybridized carbons (Fsp3) is 0.917. The maximum Gasteiger partial charge on any atom is 0.0608 e. The van der Waals surface area contributed by atoms with E-state index in [0.717, 1.165) is 32.8 Å². The molecule has 0 bridgehead atoms. The highest BCUT2D eigenvalue weighted by molar-refractivity contribution is 4.81. The van der Waals surface area contributed by atoms with E-state index in [0.29, 0.717) is 0 Å². The van der Waals surface area contributed by atoms with E-state index in [1.807, 2.05) is 0 Å². The van der Waals surface area contributed by atoms with Crippen molar-refractivity contribution in [1.82, 2.24) is 10.4 Å². The van der Waals surface area contributed by atoms with Crippen molar-refractivity contribution in [1.29, 1.82) is 0 Å². The van der Waals surface area contributed by atoms with Gasteiger partial charge in [0.25, 0.3) is 0 Å². The van der Waals surface area contributed by atoms with Gasteiger partial charge in [-0.15, -0.1) is 0 Å². The highest BCUT2D eigenvalue weighted by Crippen LogP contribution is 2.11. The van der Waals surface area contributed by atoms with Crippen LogP contribution in [0.5, 0.6) is 0 Å². The molecule has 160 valence electrons. The first kappa shape index (κ1) is 24.7. The number of ether oxygens (including phenoxy) is 1. The van der Waals surface area contributed by atoms with Gasteiger partial charge < -0.3 is 4.74 Å². The smallest absolute Gasteiger partial charge is 0.0608 e. The molecule has 0 atom stereocenters. The van der Waals surface area contributed by atoms with E-state index in [1.54, 1.807) is 0 Å². The lowest BCUT2D eigenvalue weighted by Crippen LogP contribution is -2.45. The molecule has 27 heavy (non-hydrogen) atoms. The Bertz CT molecular complexity index is 314. The molecule has 0 amide bonds. The highest BCUT2D eigenvalue weighted by Gasteiger charge is 2.08. The molecule has 1 aliphatic heterocycles. The van der Waals surface area contributed by atoms with Gasteiger partial charge in [-0.1, -0.05) is 89.7 Å². The van der Waals surface area contributed by atoms with Gasteiger partial charge in [0, 0.05) is 19.6 Å². The van der Waals surface area contributed by atoms with E-state index in [2.05, 4.69) is 29.5 Å². The molecular formula is C24H48N2O. The van der Waals surface area contributed by atoms with Crippen molar-refractivity contribution in [2.75, 3.05) is 32.8 Å². The van der Waals surface area contributed by atoms with Crippen LogP contribution in [-0.4, -0.2) is 37.9 Å². The molecule has 0 aromatic heterocycles. The van der Waals surface area contributed by atoms with Crippen LogP contribution in [0.15, 0.2) is 12.2 Å². The van der Waals surface area contributed by atoms with E-state index >= 15 is 0 Å². The zero-order valence-corrected chi connectivity index (χ0v) is 18.4. The molecule has 0 saturated carbocycles. The number of nitrogens with one attached hydrogen (secondary N) is 1. The Morgan fingerprint density at radius 2 is 1.15 bits per heavy atom. The largest absolute Gasteiger partial charge is 0.379 e. The van der Waals surface area contributed by atoms with Crippen molar-refractivity contribution in [2.45, 2.75) is 110 Å². The maximum atomic E-state index is 5.36. The molecule has 1 fully saturated rings. The summed E-state index contributed by atoms with van der Waals surface area (Å²) in [6.07, 6.45) is 27.1. The topological polar surface area (TPSA) is 24.5 Å². The predicted octanol–water partition coefficient (Wildman–Crippen LogP) is 6.64. The average molecular weight is 381 g/mol. The molecular weight excluding hydrogens is 332 g/mol. The average Bonchev–Trinajstić information content (AvgIpc) is 2.70. The summed E-state index contributed by atoms with van der Waals surface area (Å²) in [7, 11) is 0. The predicted molar refractivity (Wildman–Crippen MR) is 119 cm³/mol. The minimum Gasteiger partial charge on any atom is -0.379 e. The van der Waals surface area contributed by atoms with Crippen molar-refractivity contribution >= 4 is 0 Å². The van der Waals surface area contributed by atoms with Crippen LogP contribution >= 0.6 is 0 Å². The second kappa shape index (κ2) is 20.4. The minimum atomic E-state index is 0.877. The Morgan fingerprint density at radius 3 is 1.70 bits per heavy atom. The normalized spacial score (nSPS) is 15.7. The fourth-order valence-electron chi connectivity index (χ4n) is 3.68. The van der Waals surface area contributed by atoms with Crippen LogP contribution in [0.4, 0.5) is 0 Å². The van der Waals surface area contributed by atoms with Gasteiger partial charge in [0.2, 0.25) is 0 Å². The lowest BCUT2D eigenvalue weighted by molar-refractivity contribution is 0.0118. The zero-order chi connectivity index (χ0) is 19.3. The summed E-state index contributed by atoms with van der Waals surface area (Å²) < 4.78 is 5.36. The van der Waals surface area contributed by atoms with Crippen LogP contribution in [0.3, 0.4) is 0 Å². The molecule has 3 nitrogen and oxygen atoms in total. The summed E-state index contributed by atoms with van der Waals surface area (Å²) in [6.45, 7) is 7.24. The summed E-state index contributed by atoms with van der Waals surface area (Å²) in [5.41, 5.74) is 3.52. The van der Waals surface area contributed by atoms with Gasteiger partial charge in [0.05, 0.1) is 13.2 Å². The van der Waals surface area contributed by atoms with E-state index in [4.69, 9.17) is 4.74 Å². The molecule has 3 heteroatoms. The molecule has 0 spiro atoms. The van der Waals surface area contributed by atoms with E-state index in [1.165, 1.54) is 103 Å². The number of allylic oxidation sites excluding steroid dienone is 2. The van der Waals surface area contributed by atoms with Crippen LogP contribution in [-0.2, 0) is 4.74 Å². The van der Waals surface area contributed by atoms with Crippen LogP contribution < -0.4 is 5.43 Å². The standard InChI is InChI=1S/C24H48N2O/c1-2-3-4-5-6-7-8-9-10-11-12-13-14-15-16-17-18-19-20-25-26-21-23-27-24-22-26/h9-10,25H,2-8,11-24H2,1H3/b10-9-. The third-order valence-corrected chi connectivity index (χ3v) is 5.54. The summed E-state index contributed by atoms with van der Waals surface area (Å²) >= 11 is 0. The van der Waals surface area contributed by atoms with E-state index in [-0.39, 0.29) is 0 Å². The van der Waals surface area contributed by atoms with Crippen LogP contribution in [0, 0.1) is 0 Å². The highest BCUT2D eigenvalue weighted by atomic mass is 16.5. The Balaban J connectivity index is 1.68. The second-order valence-electron chi connectivity index (χ2n) is 8.15. The first-order chi connectivity index (χ1) is 13.4. The van der Waals surface area contributed by atoms with Gasteiger partial charge in [-0.05, 0) is 32.1 Å². The number of hydrogen-bond acceptors (Lipinski definition) is 3. The molecule has 0 radical (unpaired) electrons. The lowest BCUT2D eigenvalue weighted by Gasteiger charge is -2.27. The molecule has 0 aromatic carbocycles. The second-order valence-corrected chi connectivity index (χ2v) is 8.15. The van der Waals surface area contributed by atoms with Gasteiger partial charge >= 0.3 is 0 Å². The molecule has 1 aliphatic rings. The lowest BCUT2D eigenvalue weighted by atomic mass is 10.1. The molecule has 1 heterocycles. The Hall–Kier alpha value is -0.380. The molecule has 1 saturated heterocycles. The van der Waals surface area contributed by atoms with Crippen molar-refractivity contribution < 1.29 is 4.74 Å². The van der Waals surface area contributed by atoms with Gasteiger partial charge in [-0.3, -0.25) is 5.43 Å². The molecule has 0 aromatic rings. The summed E-state index contributed by atoms with van der Waals surface area (Å²) in [6, 6.07) is 0. The first-order valence-electron chi connectivity index (χ1n) is 12.1. The number of morpholine rings is 1. The monoisotopic (exact) mass is 380 g/mol. The fourth-order valence-corrected chi connectivity index (χ4v) is 3.68. The number of unbranched alkanes of at least 4 members (excludes halogenated alkanes) is 14. The van der Waals surface area contributed by atoms with Crippen LogP contribution in [0.1, 0.15) is 110 Å². The van der Waals surface area contributed by atoms with Crippen molar-refractivity contribution in [3.05, 3.63) is 12.2 Å². The van der Waals surface area contributed by atoms with E-state index < -0.39 is 0 Å². The summed E-state index contributed by atoms with van der Waals surface area (Å²) in [4.78, 5) is 0. The molecule has 1 rings (SSSR count). The number of hydrogen-bond donors (Lipinski definition) is 1. The molecule has 0 unspecified atom stereocenters. The Morgan fingerprint density at radius 1 is 0.667 bits per heavy atom. The van der Waals surface area contributed by atoms with Gasteiger partial charge in [0.15, 0.2) is 0 Å². The van der Waals surface area contributed by atoms with Crippen molar-refractivity contribution in [3.63, 3.8) is 0 Å². The third kappa shape index (κ3) is 17.5. The minimum absolute atomic E-state index is 0.877. The number of hydrazine groups is 1. The Labute approximate surface area is 170 Å². The first-order valence-corrected chi connectivity index (χ1v) is 12.1. The Kier molecular flexibility index (Phi) is 18.6. The number of nitrogens with zero attached hydrogens (tertiary/aromatic N) is 1. The van der Waals surface area contributed by atoms with Gasteiger partial charge in [-0.2, -0.15) is 0 Å². The summed E-state index contributed by atoms with van der Waals surface area (Å²) in [5.74, 6) is 0. The van der Waals surface area contributed by atoms with Gasteiger partial charge in [-0.25, -0.2) is 5.01 Å². The van der Waals surface area contributed by atoms with Crippen molar-refractivity contribution in [3.8, 4) is 0 Å². The van der Waals surface area contributed by atoms with Crippen LogP contribution in [0.25, 0.3) is 0 Å². The third-order valence-electron chi connectivity index (χ3n) is 5.54. The van der Waals surface area contributed by atoms with Crippen LogP contribution in [0.2, 0.25) is 0 Å². The maximum absolute atomic E-state index is 5.36. The van der Waals surface area contributed by atoms with Crippen molar-refractivity contribution in [2.24, 2.45) is 0 Å². The SMILES string of the molecule is CCCCCCCC/C=C\CCCCCCCCCCNN1CCOCC1.